The van der Waals surface area contributed by atoms with Gasteiger partial charge < -0.3 is 5.11 Å². The summed E-state index contributed by atoms with van der Waals surface area (Å²) < 4.78 is 62.2. The van der Waals surface area contributed by atoms with E-state index in [0.29, 0.717) is 21.5 Å². The van der Waals surface area contributed by atoms with Gasteiger partial charge in [-0.05, 0) is 6.42 Å². The van der Waals surface area contributed by atoms with Gasteiger partial charge in [-0.25, -0.2) is 0 Å². The van der Waals surface area contributed by atoms with E-state index in [0.717, 1.165) is 7.05 Å². The van der Waals surface area contributed by atoms with Crippen LogP contribution in [0, 0.1) is 0 Å². The number of hydrogen-bond donors (Lipinski definition) is 1. The first-order valence-electron chi connectivity index (χ1n) is 6.00. The molecule has 0 aromatic rings. The van der Waals surface area contributed by atoms with Gasteiger partial charge in [-0.2, -0.15) is 30.2 Å². The summed E-state index contributed by atoms with van der Waals surface area (Å²) in [7, 11) is -3.26. The minimum Gasteiger partial charge on any atom is -0.481 e. The van der Waals surface area contributed by atoms with Crippen molar-refractivity contribution < 1.29 is 31.5 Å². The largest absolute Gasteiger partial charge is 0.481 e. The van der Waals surface area contributed by atoms with E-state index < -0.39 is 35.3 Å². The molecule has 0 aliphatic heterocycles. The van der Waals surface area contributed by atoms with Crippen LogP contribution in [0.4, 0.5) is 13.2 Å². The Morgan fingerprint density at radius 1 is 1.25 bits per heavy atom. The second kappa shape index (κ2) is 7.79. The Hall–Kier alpha value is -0.870. The minimum atomic E-state index is -4.64. The van der Waals surface area contributed by atoms with Crippen molar-refractivity contribution in [3.05, 3.63) is 0 Å². The zero-order chi connectivity index (χ0) is 16.0. The molecule has 0 aromatic carbocycles. The summed E-state index contributed by atoms with van der Waals surface area (Å²) in [6.07, 6.45) is -4.28. The number of carbonyl (C=O) groups is 1. The SMILES string of the molecule is CCCCN(CC(F)(F)F)S(=O)(=O)N(C)CCC(=O)O. The van der Waals surface area contributed by atoms with Crippen molar-refractivity contribution in [2.45, 2.75) is 32.4 Å². The molecule has 0 aliphatic rings. The number of carboxylic acids is 1. The van der Waals surface area contributed by atoms with Crippen LogP contribution >= 0.6 is 0 Å². The van der Waals surface area contributed by atoms with Gasteiger partial charge in [0.2, 0.25) is 0 Å². The molecule has 0 aliphatic carbocycles. The van der Waals surface area contributed by atoms with E-state index in [9.17, 15) is 26.4 Å². The van der Waals surface area contributed by atoms with E-state index in [1.165, 1.54) is 0 Å². The molecule has 0 atom stereocenters. The fourth-order valence-electron chi connectivity index (χ4n) is 1.38. The third-order valence-corrected chi connectivity index (χ3v) is 4.41. The van der Waals surface area contributed by atoms with E-state index in [1.807, 2.05) is 0 Å². The Balaban J connectivity index is 4.96. The van der Waals surface area contributed by atoms with Crippen LogP contribution in [0.5, 0.6) is 0 Å². The number of hydrogen-bond acceptors (Lipinski definition) is 3. The number of halogens is 3. The van der Waals surface area contributed by atoms with Crippen molar-refractivity contribution in [2.75, 3.05) is 26.7 Å². The van der Waals surface area contributed by atoms with Gasteiger partial charge in [0.25, 0.3) is 10.2 Å². The van der Waals surface area contributed by atoms with Gasteiger partial charge in [0.05, 0.1) is 6.42 Å². The quantitative estimate of drug-likeness (QED) is 0.695. The molecular formula is C10H19F3N2O4S. The fraction of sp³-hybridized carbons (Fsp3) is 0.900. The molecule has 0 radical (unpaired) electrons. The van der Waals surface area contributed by atoms with Crippen LogP contribution in [0.1, 0.15) is 26.2 Å². The summed E-state index contributed by atoms with van der Waals surface area (Å²) in [4.78, 5) is 10.4. The van der Waals surface area contributed by atoms with Gasteiger partial charge in [0, 0.05) is 20.1 Å². The highest BCUT2D eigenvalue weighted by Crippen LogP contribution is 2.20. The van der Waals surface area contributed by atoms with E-state index >= 15 is 0 Å². The molecule has 0 unspecified atom stereocenters. The van der Waals surface area contributed by atoms with Crippen molar-refractivity contribution in [3.8, 4) is 0 Å². The molecule has 10 heteroatoms. The van der Waals surface area contributed by atoms with Gasteiger partial charge in [0.1, 0.15) is 6.54 Å². The second-order valence-corrected chi connectivity index (χ2v) is 6.31. The number of carboxylic acid groups (broad SMARTS) is 1. The number of alkyl halides is 3. The molecule has 0 bridgehead atoms. The zero-order valence-electron chi connectivity index (χ0n) is 11.4. The average Bonchev–Trinajstić information content (AvgIpc) is 2.29. The first-order valence-corrected chi connectivity index (χ1v) is 7.40. The van der Waals surface area contributed by atoms with Crippen LogP contribution in [0.25, 0.3) is 0 Å². The van der Waals surface area contributed by atoms with Crippen molar-refractivity contribution in [3.63, 3.8) is 0 Å². The lowest BCUT2D eigenvalue weighted by molar-refractivity contribution is -0.138. The molecule has 120 valence electrons. The standard InChI is InChI=1S/C10H19F3N2O4S/c1-3-4-6-15(8-10(11,12)13)20(18,19)14(2)7-5-9(16)17/h3-8H2,1-2H3,(H,16,17). The lowest BCUT2D eigenvalue weighted by Crippen LogP contribution is -2.46. The van der Waals surface area contributed by atoms with Crippen molar-refractivity contribution >= 4 is 16.2 Å². The van der Waals surface area contributed by atoms with Crippen molar-refractivity contribution in [1.29, 1.82) is 0 Å². The normalized spacial score (nSPS) is 13.2. The Morgan fingerprint density at radius 3 is 2.20 bits per heavy atom. The Bertz CT molecular complexity index is 411. The van der Waals surface area contributed by atoms with E-state index in [4.69, 9.17) is 5.11 Å². The molecule has 0 saturated heterocycles. The molecule has 0 heterocycles. The highest BCUT2D eigenvalue weighted by atomic mass is 32.2. The maximum Gasteiger partial charge on any atom is 0.402 e. The highest BCUT2D eigenvalue weighted by Gasteiger charge is 2.37. The van der Waals surface area contributed by atoms with Crippen molar-refractivity contribution in [2.24, 2.45) is 0 Å². The van der Waals surface area contributed by atoms with Gasteiger partial charge in [-0.15, -0.1) is 0 Å². The summed E-state index contributed by atoms with van der Waals surface area (Å²) in [5.41, 5.74) is 0. The molecule has 0 rings (SSSR count). The van der Waals surface area contributed by atoms with Crippen LogP contribution in [0.15, 0.2) is 0 Å². The fourth-order valence-corrected chi connectivity index (χ4v) is 2.76. The smallest absolute Gasteiger partial charge is 0.402 e. The van der Waals surface area contributed by atoms with E-state index in [2.05, 4.69) is 0 Å². The maximum atomic E-state index is 12.4. The van der Waals surface area contributed by atoms with E-state index in [-0.39, 0.29) is 13.1 Å². The first-order chi connectivity index (χ1) is 9.00. The maximum absolute atomic E-state index is 12.4. The average molecular weight is 320 g/mol. The molecule has 0 fully saturated rings. The molecular weight excluding hydrogens is 301 g/mol. The molecule has 0 amide bonds. The summed E-state index contributed by atoms with van der Waals surface area (Å²) in [5, 5.41) is 8.48. The number of unbranched alkanes of at least 4 members (excludes halogenated alkanes) is 1. The first kappa shape index (κ1) is 19.1. The topological polar surface area (TPSA) is 77.9 Å². The Kier molecular flexibility index (Phi) is 7.45. The summed E-state index contributed by atoms with van der Waals surface area (Å²) >= 11 is 0. The summed E-state index contributed by atoms with van der Waals surface area (Å²) in [5.74, 6) is -1.22. The molecule has 6 nitrogen and oxygen atoms in total. The minimum absolute atomic E-state index is 0.254. The van der Waals surface area contributed by atoms with Gasteiger partial charge in [-0.3, -0.25) is 4.79 Å². The number of aliphatic carboxylic acids is 1. The molecule has 0 aromatic heterocycles. The van der Waals surface area contributed by atoms with Gasteiger partial charge >= 0.3 is 12.1 Å². The third-order valence-electron chi connectivity index (χ3n) is 2.48. The summed E-state index contributed by atoms with van der Waals surface area (Å²) in [6.45, 7) is -0.479. The Morgan fingerprint density at radius 2 is 1.80 bits per heavy atom. The molecule has 20 heavy (non-hydrogen) atoms. The molecule has 1 N–H and O–H groups in total. The van der Waals surface area contributed by atoms with Crippen LogP contribution in [-0.2, 0) is 15.0 Å². The van der Waals surface area contributed by atoms with Crippen LogP contribution in [-0.4, -0.2) is 61.0 Å². The Labute approximate surface area is 116 Å². The van der Waals surface area contributed by atoms with Crippen LogP contribution in [0.2, 0.25) is 0 Å². The number of nitrogens with zero attached hydrogens (tertiary/aromatic N) is 2. The van der Waals surface area contributed by atoms with E-state index in [1.54, 1.807) is 6.92 Å². The second-order valence-electron chi connectivity index (χ2n) is 4.28. The summed E-state index contributed by atoms with van der Waals surface area (Å²) in [6, 6.07) is 0. The van der Waals surface area contributed by atoms with Crippen molar-refractivity contribution in [1.82, 2.24) is 8.61 Å². The zero-order valence-corrected chi connectivity index (χ0v) is 12.2. The van der Waals surface area contributed by atoms with Gasteiger partial charge in [0.15, 0.2) is 0 Å². The van der Waals surface area contributed by atoms with Crippen LogP contribution in [0.3, 0.4) is 0 Å². The lowest BCUT2D eigenvalue weighted by atomic mass is 10.3. The molecule has 0 spiro atoms. The predicted octanol–water partition coefficient (Wildman–Crippen LogP) is 1.30. The van der Waals surface area contributed by atoms with Gasteiger partial charge in [-0.1, -0.05) is 13.3 Å². The highest BCUT2D eigenvalue weighted by molar-refractivity contribution is 7.86. The lowest BCUT2D eigenvalue weighted by Gasteiger charge is -2.27. The number of rotatable bonds is 9. The molecule has 0 saturated carbocycles. The predicted molar refractivity (Wildman–Crippen MR) is 66.3 cm³/mol. The monoisotopic (exact) mass is 320 g/mol. The third kappa shape index (κ3) is 7.06. The van der Waals surface area contributed by atoms with Crippen LogP contribution < -0.4 is 0 Å².